The van der Waals surface area contributed by atoms with Crippen LogP contribution in [0.4, 0.5) is 0 Å². The zero-order valence-electron chi connectivity index (χ0n) is 9.13. The van der Waals surface area contributed by atoms with Crippen molar-refractivity contribution < 1.29 is 5.11 Å². The van der Waals surface area contributed by atoms with Crippen LogP contribution >= 0.6 is 0 Å². The number of nitrogens with zero attached hydrogens (tertiary/aromatic N) is 2. The first-order chi connectivity index (χ1) is 7.33. The molecule has 1 atom stereocenters. The number of hydrogen-bond donors (Lipinski definition) is 1. The third kappa shape index (κ3) is 2.55. The SMILES string of the molecule is C[C@H](c1ccccn1)N(CCO)C1CC1. The van der Waals surface area contributed by atoms with Gasteiger partial charge in [0, 0.05) is 24.8 Å². The highest BCUT2D eigenvalue weighted by Gasteiger charge is 2.32. The normalized spacial score (nSPS) is 18.1. The van der Waals surface area contributed by atoms with E-state index in [4.69, 9.17) is 5.11 Å². The summed E-state index contributed by atoms with van der Waals surface area (Å²) in [7, 11) is 0. The molecule has 1 aliphatic carbocycles. The molecular formula is C12H18N2O. The van der Waals surface area contributed by atoms with Crippen molar-refractivity contribution in [3.63, 3.8) is 0 Å². The second-order valence-electron chi connectivity index (χ2n) is 4.12. The summed E-state index contributed by atoms with van der Waals surface area (Å²) >= 11 is 0. The van der Waals surface area contributed by atoms with Gasteiger partial charge in [0.05, 0.1) is 12.3 Å². The smallest absolute Gasteiger partial charge is 0.0572 e. The number of rotatable bonds is 5. The molecule has 82 valence electrons. The molecule has 0 saturated heterocycles. The fourth-order valence-corrected chi connectivity index (χ4v) is 2.01. The van der Waals surface area contributed by atoms with Gasteiger partial charge in [-0.1, -0.05) is 6.07 Å². The summed E-state index contributed by atoms with van der Waals surface area (Å²) in [5.74, 6) is 0. The van der Waals surface area contributed by atoms with Gasteiger partial charge in [-0.25, -0.2) is 0 Å². The number of pyridine rings is 1. The summed E-state index contributed by atoms with van der Waals surface area (Å²) in [6.07, 6.45) is 4.35. The zero-order valence-corrected chi connectivity index (χ0v) is 9.13. The molecule has 0 spiro atoms. The van der Waals surface area contributed by atoms with E-state index >= 15 is 0 Å². The third-order valence-electron chi connectivity index (χ3n) is 2.99. The standard InChI is InChI=1S/C12H18N2O/c1-10(12-4-2-3-7-13-12)14(8-9-15)11-5-6-11/h2-4,7,10-11,15H,5-6,8-9H2,1H3/t10-/m1/s1. The van der Waals surface area contributed by atoms with Gasteiger partial charge in [-0.05, 0) is 31.9 Å². The van der Waals surface area contributed by atoms with E-state index in [1.165, 1.54) is 12.8 Å². The Kier molecular flexibility index (Phi) is 3.34. The molecule has 15 heavy (non-hydrogen) atoms. The van der Waals surface area contributed by atoms with Gasteiger partial charge in [-0.2, -0.15) is 0 Å². The number of aromatic nitrogens is 1. The van der Waals surface area contributed by atoms with Crippen LogP contribution in [-0.2, 0) is 0 Å². The first kappa shape index (κ1) is 10.6. The van der Waals surface area contributed by atoms with Gasteiger partial charge in [0.1, 0.15) is 0 Å². The molecule has 1 aromatic heterocycles. The van der Waals surface area contributed by atoms with Crippen molar-refractivity contribution in [1.82, 2.24) is 9.88 Å². The largest absolute Gasteiger partial charge is 0.395 e. The average Bonchev–Trinajstić information content (AvgIpc) is 3.10. The molecule has 0 aliphatic heterocycles. The van der Waals surface area contributed by atoms with Crippen LogP contribution < -0.4 is 0 Å². The molecule has 1 heterocycles. The van der Waals surface area contributed by atoms with E-state index < -0.39 is 0 Å². The predicted molar refractivity (Wildman–Crippen MR) is 59.5 cm³/mol. The molecule has 3 heteroatoms. The Morgan fingerprint density at radius 2 is 2.33 bits per heavy atom. The summed E-state index contributed by atoms with van der Waals surface area (Å²) in [5, 5.41) is 9.05. The van der Waals surface area contributed by atoms with E-state index in [-0.39, 0.29) is 6.61 Å². The Hall–Kier alpha value is -0.930. The summed E-state index contributed by atoms with van der Waals surface area (Å²) in [6.45, 7) is 3.15. The Balaban J connectivity index is 2.07. The molecule has 3 nitrogen and oxygen atoms in total. The molecule has 2 rings (SSSR count). The summed E-state index contributed by atoms with van der Waals surface area (Å²) in [6, 6.07) is 6.98. The molecule has 1 N–H and O–H groups in total. The lowest BCUT2D eigenvalue weighted by atomic mass is 10.2. The molecule has 1 saturated carbocycles. The Labute approximate surface area is 90.8 Å². The van der Waals surface area contributed by atoms with Crippen molar-refractivity contribution in [2.75, 3.05) is 13.2 Å². The number of aliphatic hydroxyl groups excluding tert-OH is 1. The van der Waals surface area contributed by atoms with Crippen molar-refractivity contribution in [2.45, 2.75) is 31.8 Å². The monoisotopic (exact) mass is 206 g/mol. The first-order valence-electron chi connectivity index (χ1n) is 5.60. The van der Waals surface area contributed by atoms with Crippen molar-refractivity contribution >= 4 is 0 Å². The highest BCUT2D eigenvalue weighted by molar-refractivity contribution is 5.09. The lowest BCUT2D eigenvalue weighted by Gasteiger charge is -2.27. The lowest BCUT2D eigenvalue weighted by Crippen LogP contribution is -2.32. The second-order valence-corrected chi connectivity index (χ2v) is 4.12. The molecule has 1 fully saturated rings. The maximum Gasteiger partial charge on any atom is 0.0572 e. The highest BCUT2D eigenvalue weighted by Crippen LogP contribution is 2.33. The van der Waals surface area contributed by atoms with Crippen LogP contribution in [0.15, 0.2) is 24.4 Å². The predicted octanol–water partition coefficient (Wildman–Crippen LogP) is 1.60. The average molecular weight is 206 g/mol. The number of hydrogen-bond acceptors (Lipinski definition) is 3. The molecule has 1 aliphatic rings. The quantitative estimate of drug-likeness (QED) is 0.795. The van der Waals surface area contributed by atoms with E-state index in [9.17, 15) is 0 Å². The van der Waals surface area contributed by atoms with Crippen LogP contribution in [0.2, 0.25) is 0 Å². The van der Waals surface area contributed by atoms with Crippen LogP contribution in [0.3, 0.4) is 0 Å². The van der Waals surface area contributed by atoms with Gasteiger partial charge >= 0.3 is 0 Å². The lowest BCUT2D eigenvalue weighted by molar-refractivity contribution is 0.148. The van der Waals surface area contributed by atoms with Crippen LogP contribution in [0.5, 0.6) is 0 Å². The van der Waals surface area contributed by atoms with Gasteiger partial charge in [-0.15, -0.1) is 0 Å². The van der Waals surface area contributed by atoms with Gasteiger partial charge in [-0.3, -0.25) is 9.88 Å². The molecule has 0 bridgehead atoms. The van der Waals surface area contributed by atoms with Crippen LogP contribution in [0.1, 0.15) is 31.5 Å². The van der Waals surface area contributed by atoms with Crippen molar-refractivity contribution in [2.24, 2.45) is 0 Å². The van der Waals surface area contributed by atoms with E-state index in [1.54, 1.807) is 0 Å². The minimum Gasteiger partial charge on any atom is -0.395 e. The van der Waals surface area contributed by atoms with E-state index in [2.05, 4.69) is 22.9 Å². The van der Waals surface area contributed by atoms with E-state index in [0.717, 1.165) is 12.2 Å². The second kappa shape index (κ2) is 4.73. The minimum absolute atomic E-state index is 0.230. The highest BCUT2D eigenvalue weighted by atomic mass is 16.3. The fourth-order valence-electron chi connectivity index (χ4n) is 2.01. The van der Waals surface area contributed by atoms with Crippen molar-refractivity contribution in [3.05, 3.63) is 30.1 Å². The molecular weight excluding hydrogens is 188 g/mol. The molecule has 1 aromatic rings. The van der Waals surface area contributed by atoms with Gasteiger partial charge < -0.3 is 5.11 Å². The molecule has 0 aromatic carbocycles. The topological polar surface area (TPSA) is 36.4 Å². The van der Waals surface area contributed by atoms with Crippen LogP contribution in [0, 0.1) is 0 Å². The molecule has 0 unspecified atom stereocenters. The minimum atomic E-state index is 0.230. The Bertz CT molecular complexity index is 298. The van der Waals surface area contributed by atoms with Gasteiger partial charge in [0.2, 0.25) is 0 Å². The van der Waals surface area contributed by atoms with Crippen LogP contribution in [-0.4, -0.2) is 34.2 Å². The Morgan fingerprint density at radius 3 is 2.87 bits per heavy atom. The summed E-state index contributed by atoms with van der Waals surface area (Å²) < 4.78 is 0. The number of aliphatic hydroxyl groups is 1. The van der Waals surface area contributed by atoms with E-state index in [1.807, 2.05) is 18.3 Å². The van der Waals surface area contributed by atoms with Crippen molar-refractivity contribution in [3.8, 4) is 0 Å². The molecule has 0 amide bonds. The van der Waals surface area contributed by atoms with Crippen molar-refractivity contribution in [1.29, 1.82) is 0 Å². The van der Waals surface area contributed by atoms with Crippen LogP contribution in [0.25, 0.3) is 0 Å². The fraction of sp³-hybridized carbons (Fsp3) is 0.583. The summed E-state index contributed by atoms with van der Waals surface area (Å²) in [4.78, 5) is 6.72. The third-order valence-corrected chi connectivity index (χ3v) is 2.99. The molecule has 0 radical (unpaired) electrons. The Morgan fingerprint density at radius 1 is 1.53 bits per heavy atom. The summed E-state index contributed by atoms with van der Waals surface area (Å²) in [5.41, 5.74) is 1.10. The first-order valence-corrected chi connectivity index (χ1v) is 5.60. The maximum absolute atomic E-state index is 9.05. The maximum atomic E-state index is 9.05. The zero-order chi connectivity index (χ0) is 10.7. The van der Waals surface area contributed by atoms with Gasteiger partial charge in [0.15, 0.2) is 0 Å². The van der Waals surface area contributed by atoms with E-state index in [0.29, 0.717) is 12.1 Å². The van der Waals surface area contributed by atoms with Gasteiger partial charge in [0.25, 0.3) is 0 Å².